The first-order chi connectivity index (χ1) is 5.16. The van der Waals surface area contributed by atoms with Gasteiger partial charge in [0.2, 0.25) is 0 Å². The second-order valence-electron chi connectivity index (χ2n) is 2.62. The summed E-state index contributed by atoms with van der Waals surface area (Å²) < 4.78 is 4.48. The minimum absolute atomic E-state index is 0.0186. The van der Waals surface area contributed by atoms with Gasteiger partial charge in [-0.3, -0.25) is 9.59 Å². The van der Waals surface area contributed by atoms with E-state index in [1.165, 1.54) is 13.2 Å². The average molecular weight is 154 g/mol. The lowest BCUT2D eigenvalue weighted by Gasteiger charge is -2.09. The fraction of sp³-hybridized carbons (Fsp3) is 0.500. The maximum Gasteiger partial charge on any atom is 0.317 e. The van der Waals surface area contributed by atoms with Gasteiger partial charge in [-0.05, 0) is 12.0 Å². The molecule has 0 amide bonds. The SMILES string of the molecule is COC(=O)C1C(=O)C=CC1C. The van der Waals surface area contributed by atoms with E-state index in [2.05, 4.69) is 4.74 Å². The third-order valence-electron chi connectivity index (χ3n) is 1.85. The van der Waals surface area contributed by atoms with Crippen molar-refractivity contribution >= 4 is 11.8 Å². The van der Waals surface area contributed by atoms with E-state index in [9.17, 15) is 9.59 Å². The van der Waals surface area contributed by atoms with Gasteiger partial charge in [-0.2, -0.15) is 0 Å². The Kier molecular flexibility index (Phi) is 2.08. The summed E-state index contributed by atoms with van der Waals surface area (Å²) in [7, 11) is 1.29. The van der Waals surface area contributed by atoms with Crippen molar-refractivity contribution in [2.45, 2.75) is 6.92 Å². The lowest BCUT2D eigenvalue weighted by Crippen LogP contribution is -2.25. The number of rotatable bonds is 1. The van der Waals surface area contributed by atoms with Crippen molar-refractivity contribution in [2.24, 2.45) is 11.8 Å². The summed E-state index contributed by atoms with van der Waals surface area (Å²) in [6.45, 7) is 1.82. The zero-order valence-electron chi connectivity index (χ0n) is 6.53. The van der Waals surface area contributed by atoms with Crippen LogP contribution in [-0.4, -0.2) is 18.9 Å². The summed E-state index contributed by atoms with van der Waals surface area (Å²) in [6, 6.07) is 0. The van der Waals surface area contributed by atoms with E-state index in [1.54, 1.807) is 6.08 Å². The normalized spacial score (nSPS) is 29.1. The predicted octanol–water partition coefficient (Wildman–Crippen LogP) is 0.551. The van der Waals surface area contributed by atoms with Gasteiger partial charge >= 0.3 is 5.97 Å². The molecular weight excluding hydrogens is 144 g/mol. The molecule has 60 valence electrons. The molecule has 3 heteroatoms. The van der Waals surface area contributed by atoms with Crippen LogP contribution >= 0.6 is 0 Å². The van der Waals surface area contributed by atoms with Crippen molar-refractivity contribution in [3.8, 4) is 0 Å². The zero-order valence-corrected chi connectivity index (χ0v) is 6.53. The Morgan fingerprint density at radius 2 is 2.27 bits per heavy atom. The molecule has 1 aliphatic carbocycles. The van der Waals surface area contributed by atoms with Crippen LogP contribution < -0.4 is 0 Å². The van der Waals surface area contributed by atoms with Gasteiger partial charge in [0, 0.05) is 0 Å². The molecule has 0 radical (unpaired) electrons. The second-order valence-corrected chi connectivity index (χ2v) is 2.62. The summed E-state index contributed by atoms with van der Waals surface area (Å²) >= 11 is 0. The fourth-order valence-corrected chi connectivity index (χ4v) is 1.18. The van der Waals surface area contributed by atoms with E-state index in [1.807, 2.05) is 6.92 Å². The Morgan fingerprint density at radius 3 is 2.64 bits per heavy atom. The highest BCUT2D eigenvalue weighted by Crippen LogP contribution is 2.22. The fourth-order valence-electron chi connectivity index (χ4n) is 1.18. The molecule has 1 rings (SSSR count). The maximum atomic E-state index is 11.0. The van der Waals surface area contributed by atoms with Crippen LogP contribution in [0.1, 0.15) is 6.92 Å². The molecule has 2 atom stereocenters. The van der Waals surface area contributed by atoms with Gasteiger partial charge in [0.25, 0.3) is 0 Å². The van der Waals surface area contributed by atoms with Crippen molar-refractivity contribution in [3.63, 3.8) is 0 Å². The highest BCUT2D eigenvalue weighted by molar-refractivity contribution is 6.07. The van der Waals surface area contributed by atoms with Crippen molar-refractivity contribution in [1.29, 1.82) is 0 Å². The van der Waals surface area contributed by atoms with Gasteiger partial charge in [-0.25, -0.2) is 0 Å². The van der Waals surface area contributed by atoms with Crippen molar-refractivity contribution in [3.05, 3.63) is 12.2 Å². The van der Waals surface area contributed by atoms with Crippen molar-refractivity contribution in [1.82, 2.24) is 0 Å². The topological polar surface area (TPSA) is 43.4 Å². The Hall–Kier alpha value is -1.12. The van der Waals surface area contributed by atoms with E-state index in [-0.39, 0.29) is 11.7 Å². The smallest absolute Gasteiger partial charge is 0.317 e. The Labute approximate surface area is 65.0 Å². The maximum absolute atomic E-state index is 11.0. The molecule has 0 fully saturated rings. The van der Waals surface area contributed by atoms with Crippen LogP contribution in [0.5, 0.6) is 0 Å². The first-order valence-electron chi connectivity index (χ1n) is 3.46. The lowest BCUT2D eigenvalue weighted by molar-refractivity contribution is -0.149. The predicted molar refractivity (Wildman–Crippen MR) is 38.8 cm³/mol. The summed E-state index contributed by atoms with van der Waals surface area (Å²) in [4.78, 5) is 21.9. The van der Waals surface area contributed by atoms with Crippen LogP contribution in [-0.2, 0) is 14.3 Å². The molecule has 11 heavy (non-hydrogen) atoms. The van der Waals surface area contributed by atoms with Crippen LogP contribution in [0.15, 0.2) is 12.2 Å². The van der Waals surface area contributed by atoms with E-state index in [4.69, 9.17) is 0 Å². The number of carbonyl (C=O) groups excluding carboxylic acids is 2. The number of carbonyl (C=O) groups is 2. The van der Waals surface area contributed by atoms with Crippen LogP contribution in [0.25, 0.3) is 0 Å². The molecule has 0 saturated carbocycles. The zero-order chi connectivity index (χ0) is 8.43. The number of allylic oxidation sites excluding steroid dienone is 2. The number of hydrogen-bond donors (Lipinski definition) is 0. The third-order valence-corrected chi connectivity index (χ3v) is 1.85. The molecular formula is C8H10O3. The minimum Gasteiger partial charge on any atom is -0.468 e. The number of esters is 1. The molecule has 0 N–H and O–H groups in total. The number of methoxy groups -OCH3 is 1. The largest absolute Gasteiger partial charge is 0.468 e. The van der Waals surface area contributed by atoms with Crippen molar-refractivity contribution in [2.75, 3.05) is 7.11 Å². The van der Waals surface area contributed by atoms with Crippen LogP contribution in [0.2, 0.25) is 0 Å². The van der Waals surface area contributed by atoms with Crippen LogP contribution in [0.3, 0.4) is 0 Å². The molecule has 0 aliphatic heterocycles. The quantitative estimate of drug-likeness (QED) is 0.409. The van der Waals surface area contributed by atoms with Crippen molar-refractivity contribution < 1.29 is 14.3 Å². The highest BCUT2D eigenvalue weighted by atomic mass is 16.5. The Balaban J connectivity index is 2.73. The molecule has 0 aromatic heterocycles. The van der Waals surface area contributed by atoms with E-state index < -0.39 is 11.9 Å². The Morgan fingerprint density at radius 1 is 1.64 bits per heavy atom. The van der Waals surface area contributed by atoms with E-state index >= 15 is 0 Å². The molecule has 0 spiro atoms. The lowest BCUT2D eigenvalue weighted by atomic mass is 9.97. The summed E-state index contributed by atoms with van der Waals surface area (Å²) in [5.41, 5.74) is 0. The molecule has 1 aliphatic rings. The molecule has 0 saturated heterocycles. The van der Waals surface area contributed by atoms with Crippen LogP contribution in [0.4, 0.5) is 0 Å². The molecule has 0 aromatic rings. The minimum atomic E-state index is -0.597. The average Bonchev–Trinajstić information content (AvgIpc) is 2.30. The van der Waals surface area contributed by atoms with Gasteiger partial charge in [-0.15, -0.1) is 0 Å². The molecule has 0 bridgehead atoms. The van der Waals surface area contributed by atoms with Gasteiger partial charge < -0.3 is 4.74 Å². The standard InChI is InChI=1S/C8H10O3/c1-5-3-4-6(9)7(5)8(10)11-2/h3-5,7H,1-2H3. The second kappa shape index (κ2) is 2.86. The van der Waals surface area contributed by atoms with Gasteiger partial charge in [0.05, 0.1) is 7.11 Å². The van der Waals surface area contributed by atoms with Crippen LogP contribution in [0, 0.1) is 11.8 Å². The summed E-state index contributed by atoms with van der Waals surface area (Å²) in [5.74, 6) is -1.20. The molecule has 2 unspecified atom stereocenters. The highest BCUT2D eigenvalue weighted by Gasteiger charge is 2.33. The first kappa shape index (κ1) is 7.98. The molecule has 0 aromatic carbocycles. The summed E-state index contributed by atoms with van der Waals surface area (Å²) in [6.07, 6.45) is 3.16. The number of ketones is 1. The Bertz CT molecular complexity index is 217. The first-order valence-corrected chi connectivity index (χ1v) is 3.46. The molecule has 3 nitrogen and oxygen atoms in total. The van der Waals surface area contributed by atoms with E-state index in [0.717, 1.165) is 0 Å². The van der Waals surface area contributed by atoms with Gasteiger partial charge in [0.15, 0.2) is 5.78 Å². The summed E-state index contributed by atoms with van der Waals surface area (Å²) in [5, 5.41) is 0. The number of ether oxygens (including phenoxy) is 1. The van der Waals surface area contributed by atoms with E-state index in [0.29, 0.717) is 0 Å². The molecule has 0 heterocycles. The number of hydrogen-bond acceptors (Lipinski definition) is 3. The van der Waals surface area contributed by atoms with Gasteiger partial charge in [-0.1, -0.05) is 13.0 Å². The third kappa shape index (κ3) is 1.31. The monoisotopic (exact) mass is 154 g/mol. The van der Waals surface area contributed by atoms with Gasteiger partial charge in [0.1, 0.15) is 5.92 Å².